The molecule has 0 aromatic heterocycles. The number of carbonyl (C=O) groups excluding carboxylic acids is 1. The monoisotopic (exact) mass is 248 g/mol. The van der Waals surface area contributed by atoms with Crippen molar-refractivity contribution in [2.24, 2.45) is 0 Å². The minimum atomic E-state index is -0.608. The van der Waals surface area contributed by atoms with Gasteiger partial charge >= 0.3 is 0 Å². The van der Waals surface area contributed by atoms with Crippen LogP contribution in [0.15, 0.2) is 30.5 Å². The van der Waals surface area contributed by atoms with Crippen LogP contribution in [0, 0.1) is 6.92 Å². The molecule has 0 aliphatic rings. The lowest BCUT2D eigenvalue weighted by molar-refractivity contribution is 0.0637. The van der Waals surface area contributed by atoms with Crippen LogP contribution in [-0.2, 0) is 4.74 Å². The fourth-order valence-electron chi connectivity index (χ4n) is 1.54. The number of rotatable bonds is 6. The van der Waals surface area contributed by atoms with Crippen LogP contribution in [0.25, 0.3) is 0 Å². The Morgan fingerprint density at radius 1 is 1.44 bits per heavy atom. The van der Waals surface area contributed by atoms with Gasteiger partial charge in [0.25, 0.3) is 0 Å². The Bertz CT molecular complexity index is 447. The smallest absolute Gasteiger partial charge is 0.159 e. The van der Waals surface area contributed by atoms with E-state index in [1.54, 1.807) is 18.2 Å². The molecule has 0 atom stereocenters. The van der Waals surface area contributed by atoms with Crippen LogP contribution >= 0.6 is 0 Å². The van der Waals surface area contributed by atoms with Gasteiger partial charge in [0.05, 0.1) is 6.61 Å². The van der Waals surface area contributed by atoms with Crippen LogP contribution in [0.3, 0.4) is 0 Å². The Morgan fingerprint density at radius 3 is 2.61 bits per heavy atom. The van der Waals surface area contributed by atoms with E-state index in [4.69, 9.17) is 9.47 Å². The standard InChI is InChI=1S/C15H20O3/c1-6-17-12(3)15(4,5)18-14-8-7-13(10-16)9-11(14)2/h7-10H,3,6H2,1-2,4-5H3. The highest BCUT2D eigenvalue weighted by Gasteiger charge is 2.26. The van der Waals surface area contributed by atoms with Crippen molar-refractivity contribution in [1.82, 2.24) is 0 Å². The highest BCUT2D eigenvalue weighted by Crippen LogP contribution is 2.27. The maximum absolute atomic E-state index is 10.7. The predicted molar refractivity (Wildman–Crippen MR) is 72.0 cm³/mol. The number of hydrogen-bond acceptors (Lipinski definition) is 3. The molecular formula is C15H20O3. The molecule has 0 amide bonds. The molecule has 0 radical (unpaired) electrons. The zero-order chi connectivity index (χ0) is 13.8. The molecule has 0 bridgehead atoms. The van der Waals surface area contributed by atoms with Crippen molar-refractivity contribution in [2.75, 3.05) is 6.61 Å². The van der Waals surface area contributed by atoms with Crippen LogP contribution in [-0.4, -0.2) is 18.5 Å². The van der Waals surface area contributed by atoms with Gasteiger partial charge in [0.15, 0.2) is 5.60 Å². The van der Waals surface area contributed by atoms with E-state index in [0.29, 0.717) is 17.9 Å². The molecule has 1 aromatic carbocycles. The van der Waals surface area contributed by atoms with Crippen molar-refractivity contribution in [3.8, 4) is 5.75 Å². The molecule has 3 heteroatoms. The summed E-state index contributed by atoms with van der Waals surface area (Å²) >= 11 is 0. The second kappa shape index (κ2) is 5.71. The van der Waals surface area contributed by atoms with Crippen molar-refractivity contribution in [3.63, 3.8) is 0 Å². The van der Waals surface area contributed by atoms with E-state index in [-0.39, 0.29) is 0 Å². The number of hydrogen-bond donors (Lipinski definition) is 0. The molecule has 0 fully saturated rings. The van der Waals surface area contributed by atoms with Gasteiger partial charge in [-0.05, 0) is 51.5 Å². The normalized spacial score (nSPS) is 10.9. The Morgan fingerprint density at radius 2 is 2.11 bits per heavy atom. The molecule has 0 unspecified atom stereocenters. The summed E-state index contributed by atoms with van der Waals surface area (Å²) in [6.07, 6.45) is 0.820. The summed E-state index contributed by atoms with van der Waals surface area (Å²) in [6, 6.07) is 5.32. The molecule has 18 heavy (non-hydrogen) atoms. The van der Waals surface area contributed by atoms with Crippen LogP contribution < -0.4 is 4.74 Å². The Balaban J connectivity index is 2.90. The van der Waals surface area contributed by atoms with Crippen molar-refractivity contribution in [3.05, 3.63) is 41.7 Å². The van der Waals surface area contributed by atoms with E-state index in [1.807, 2.05) is 27.7 Å². The lowest BCUT2D eigenvalue weighted by atomic mass is 10.1. The third-order valence-corrected chi connectivity index (χ3v) is 2.69. The average Bonchev–Trinajstić information content (AvgIpc) is 2.32. The van der Waals surface area contributed by atoms with Crippen molar-refractivity contribution in [2.45, 2.75) is 33.3 Å². The first-order chi connectivity index (χ1) is 8.40. The highest BCUT2D eigenvalue weighted by atomic mass is 16.5. The van der Waals surface area contributed by atoms with Crippen LogP contribution in [0.4, 0.5) is 0 Å². The Kier molecular flexibility index (Phi) is 4.54. The molecule has 1 rings (SSSR count). The summed E-state index contributed by atoms with van der Waals surface area (Å²) in [6.45, 7) is 12.1. The Hall–Kier alpha value is -1.77. The maximum atomic E-state index is 10.7. The summed E-state index contributed by atoms with van der Waals surface area (Å²) < 4.78 is 11.3. The first-order valence-corrected chi connectivity index (χ1v) is 5.97. The number of carbonyl (C=O) groups is 1. The van der Waals surface area contributed by atoms with Gasteiger partial charge in [0, 0.05) is 5.56 Å². The number of benzene rings is 1. The molecule has 0 aliphatic heterocycles. The topological polar surface area (TPSA) is 35.5 Å². The zero-order valence-corrected chi connectivity index (χ0v) is 11.4. The van der Waals surface area contributed by atoms with E-state index < -0.39 is 5.60 Å². The summed E-state index contributed by atoms with van der Waals surface area (Å²) in [5, 5.41) is 0. The van der Waals surface area contributed by atoms with Crippen LogP contribution in [0.5, 0.6) is 5.75 Å². The first-order valence-electron chi connectivity index (χ1n) is 5.97. The largest absolute Gasteiger partial charge is 0.495 e. The van der Waals surface area contributed by atoms with E-state index in [1.165, 1.54) is 0 Å². The molecule has 0 saturated heterocycles. The van der Waals surface area contributed by atoms with Crippen molar-refractivity contribution >= 4 is 6.29 Å². The van der Waals surface area contributed by atoms with Gasteiger partial charge in [-0.3, -0.25) is 4.79 Å². The second-order valence-electron chi connectivity index (χ2n) is 4.61. The van der Waals surface area contributed by atoms with Gasteiger partial charge in [-0.2, -0.15) is 0 Å². The molecule has 0 heterocycles. The SMILES string of the molecule is C=C(OCC)C(C)(C)Oc1ccc(C=O)cc1C. The van der Waals surface area contributed by atoms with Gasteiger partial charge < -0.3 is 9.47 Å². The fourth-order valence-corrected chi connectivity index (χ4v) is 1.54. The number of aryl methyl sites for hydroxylation is 1. The lowest BCUT2D eigenvalue weighted by Crippen LogP contribution is -2.32. The third-order valence-electron chi connectivity index (χ3n) is 2.69. The Labute approximate surface area is 108 Å². The summed E-state index contributed by atoms with van der Waals surface area (Å²) in [5.74, 6) is 1.32. The lowest BCUT2D eigenvalue weighted by Gasteiger charge is -2.29. The number of aldehydes is 1. The fraction of sp³-hybridized carbons (Fsp3) is 0.400. The summed E-state index contributed by atoms with van der Waals surface area (Å²) in [5.41, 5.74) is 0.946. The quantitative estimate of drug-likeness (QED) is 0.571. The average molecular weight is 248 g/mol. The van der Waals surface area contributed by atoms with Gasteiger partial charge in [-0.15, -0.1) is 0 Å². The summed E-state index contributed by atoms with van der Waals surface area (Å²) in [4.78, 5) is 10.7. The zero-order valence-electron chi connectivity index (χ0n) is 11.4. The molecule has 0 saturated carbocycles. The van der Waals surface area contributed by atoms with E-state index in [0.717, 1.165) is 17.6 Å². The molecule has 1 aromatic rings. The minimum absolute atomic E-state index is 0.564. The van der Waals surface area contributed by atoms with Crippen molar-refractivity contribution in [1.29, 1.82) is 0 Å². The van der Waals surface area contributed by atoms with E-state index >= 15 is 0 Å². The number of ether oxygens (including phenoxy) is 2. The maximum Gasteiger partial charge on any atom is 0.159 e. The molecule has 0 N–H and O–H groups in total. The van der Waals surface area contributed by atoms with Gasteiger partial charge in [-0.25, -0.2) is 0 Å². The first kappa shape index (κ1) is 14.3. The van der Waals surface area contributed by atoms with Crippen molar-refractivity contribution < 1.29 is 14.3 Å². The molecule has 3 nitrogen and oxygen atoms in total. The van der Waals surface area contributed by atoms with Gasteiger partial charge in [-0.1, -0.05) is 6.58 Å². The highest BCUT2D eigenvalue weighted by molar-refractivity contribution is 5.75. The van der Waals surface area contributed by atoms with Crippen LogP contribution in [0.2, 0.25) is 0 Å². The molecule has 98 valence electrons. The van der Waals surface area contributed by atoms with E-state index in [9.17, 15) is 4.79 Å². The third kappa shape index (κ3) is 3.36. The molecule has 0 aliphatic carbocycles. The van der Waals surface area contributed by atoms with Gasteiger partial charge in [0.1, 0.15) is 17.8 Å². The predicted octanol–water partition coefficient (Wildman–Crippen LogP) is 3.52. The van der Waals surface area contributed by atoms with Gasteiger partial charge in [0.2, 0.25) is 0 Å². The van der Waals surface area contributed by atoms with Crippen LogP contribution in [0.1, 0.15) is 36.7 Å². The van der Waals surface area contributed by atoms with E-state index in [2.05, 4.69) is 6.58 Å². The summed E-state index contributed by atoms with van der Waals surface area (Å²) in [7, 11) is 0. The minimum Gasteiger partial charge on any atom is -0.495 e. The molecular weight excluding hydrogens is 228 g/mol. The molecule has 0 spiro atoms. The second-order valence-corrected chi connectivity index (χ2v) is 4.61.